The molecular formula is C9H17N2O2. The molecule has 4 heteroatoms. The van der Waals surface area contributed by atoms with Gasteiger partial charge in [-0.15, -0.1) is 0 Å². The first-order valence-corrected chi connectivity index (χ1v) is 4.79. The number of hydrogen-bond acceptors (Lipinski definition) is 3. The molecule has 13 heavy (non-hydrogen) atoms. The van der Waals surface area contributed by atoms with Gasteiger partial charge in [0.25, 0.3) is 0 Å². The second-order valence-electron chi connectivity index (χ2n) is 3.12. The zero-order valence-corrected chi connectivity index (χ0v) is 8.16. The lowest BCUT2D eigenvalue weighted by Gasteiger charge is -2.27. The topological polar surface area (TPSA) is 32.8 Å². The van der Waals surface area contributed by atoms with Gasteiger partial charge in [0, 0.05) is 32.7 Å². The molecule has 0 aromatic heterocycles. The van der Waals surface area contributed by atoms with Crippen LogP contribution in [0.1, 0.15) is 6.92 Å². The van der Waals surface area contributed by atoms with E-state index in [2.05, 4.69) is 4.90 Å². The molecule has 1 saturated heterocycles. The Bertz CT molecular complexity index is 147. The molecule has 1 aliphatic heterocycles. The van der Waals surface area contributed by atoms with Crippen molar-refractivity contribution in [2.24, 2.45) is 0 Å². The predicted octanol–water partition coefficient (Wildman–Crippen LogP) is -0.292. The Morgan fingerprint density at radius 2 is 2.15 bits per heavy atom. The van der Waals surface area contributed by atoms with Gasteiger partial charge < -0.3 is 9.64 Å². The Hall–Kier alpha value is -0.610. The van der Waals surface area contributed by atoms with E-state index in [-0.39, 0.29) is 0 Å². The Balaban J connectivity index is 2.12. The predicted molar refractivity (Wildman–Crippen MR) is 50.2 cm³/mol. The van der Waals surface area contributed by atoms with Crippen LogP contribution in [-0.4, -0.2) is 62.1 Å². The molecule has 4 nitrogen and oxygen atoms in total. The molecule has 75 valence electrons. The minimum Gasteiger partial charge on any atom is -0.379 e. The maximum atomic E-state index is 10.4. The van der Waals surface area contributed by atoms with Gasteiger partial charge in [-0.05, 0) is 6.92 Å². The summed E-state index contributed by atoms with van der Waals surface area (Å²) < 4.78 is 5.23. The molecule has 1 radical (unpaired) electrons. The third kappa shape index (κ3) is 3.74. The van der Waals surface area contributed by atoms with Crippen LogP contribution >= 0.6 is 0 Å². The third-order valence-electron chi connectivity index (χ3n) is 2.30. The van der Waals surface area contributed by atoms with Crippen LogP contribution in [0.4, 0.5) is 0 Å². The summed E-state index contributed by atoms with van der Waals surface area (Å²) in [4.78, 5) is 14.3. The largest absolute Gasteiger partial charge is 0.379 e. The first-order valence-electron chi connectivity index (χ1n) is 4.79. The highest BCUT2D eigenvalue weighted by atomic mass is 16.5. The minimum absolute atomic E-state index is 0.744. The molecule has 0 bridgehead atoms. The average Bonchev–Trinajstić information content (AvgIpc) is 2.21. The monoisotopic (exact) mass is 185 g/mol. The summed E-state index contributed by atoms with van der Waals surface area (Å²) >= 11 is 0. The van der Waals surface area contributed by atoms with Crippen molar-refractivity contribution in [2.75, 3.05) is 45.9 Å². The number of amides is 1. The lowest BCUT2D eigenvalue weighted by atomic mass is 10.4. The van der Waals surface area contributed by atoms with Crippen molar-refractivity contribution in [2.45, 2.75) is 6.92 Å². The Labute approximate surface area is 79.4 Å². The van der Waals surface area contributed by atoms with Gasteiger partial charge >= 0.3 is 6.41 Å². The van der Waals surface area contributed by atoms with Crippen molar-refractivity contribution in [3.05, 3.63) is 0 Å². The van der Waals surface area contributed by atoms with Crippen LogP contribution in [0.2, 0.25) is 0 Å². The second-order valence-corrected chi connectivity index (χ2v) is 3.12. The van der Waals surface area contributed by atoms with Crippen LogP contribution < -0.4 is 0 Å². The van der Waals surface area contributed by atoms with Crippen LogP contribution in [-0.2, 0) is 9.53 Å². The van der Waals surface area contributed by atoms with E-state index in [9.17, 15) is 4.79 Å². The number of nitrogens with zero attached hydrogens (tertiary/aromatic N) is 2. The summed E-state index contributed by atoms with van der Waals surface area (Å²) in [6.07, 6.45) is 1.92. The van der Waals surface area contributed by atoms with Crippen LogP contribution in [0.5, 0.6) is 0 Å². The van der Waals surface area contributed by atoms with Gasteiger partial charge in [-0.25, -0.2) is 0 Å². The first-order chi connectivity index (χ1) is 6.36. The summed E-state index contributed by atoms with van der Waals surface area (Å²) in [7, 11) is 0. The van der Waals surface area contributed by atoms with Crippen molar-refractivity contribution < 1.29 is 9.53 Å². The van der Waals surface area contributed by atoms with Crippen molar-refractivity contribution in [1.29, 1.82) is 0 Å². The van der Waals surface area contributed by atoms with E-state index in [1.807, 2.05) is 13.3 Å². The van der Waals surface area contributed by atoms with Gasteiger partial charge in [-0.1, -0.05) is 0 Å². The quantitative estimate of drug-likeness (QED) is 0.552. The number of rotatable bonds is 5. The van der Waals surface area contributed by atoms with Gasteiger partial charge in [-0.3, -0.25) is 9.69 Å². The number of ether oxygens (including phenoxy) is 1. The summed E-state index contributed by atoms with van der Waals surface area (Å²) in [6.45, 7) is 8.02. The normalized spacial score (nSPS) is 18.5. The van der Waals surface area contributed by atoms with Crippen LogP contribution in [0.25, 0.3) is 0 Å². The lowest BCUT2D eigenvalue weighted by Crippen LogP contribution is -2.41. The highest BCUT2D eigenvalue weighted by Gasteiger charge is 2.10. The van der Waals surface area contributed by atoms with E-state index < -0.39 is 0 Å². The van der Waals surface area contributed by atoms with Gasteiger partial charge in [0.05, 0.1) is 13.2 Å². The lowest BCUT2D eigenvalue weighted by molar-refractivity contribution is 0.0360. The number of likely N-dealkylation sites (N-methyl/N-ethyl adjacent to an activating group) is 1. The molecule has 1 amide bonds. The number of carbonyl (C=O) groups excluding carboxylic acids is 1. The van der Waals surface area contributed by atoms with Crippen molar-refractivity contribution in [3.63, 3.8) is 0 Å². The van der Waals surface area contributed by atoms with Crippen LogP contribution in [0.3, 0.4) is 0 Å². The summed E-state index contributed by atoms with van der Waals surface area (Å²) in [5, 5.41) is 0. The molecule has 0 aliphatic carbocycles. The zero-order chi connectivity index (χ0) is 9.52. The Morgan fingerprint density at radius 3 is 2.69 bits per heavy atom. The standard InChI is InChI=1S/C9H17N2O2/c1-2-10(9-12)3-4-11-5-7-13-8-6-11/h2-8H2,1H3. The van der Waals surface area contributed by atoms with E-state index in [1.165, 1.54) is 0 Å². The van der Waals surface area contributed by atoms with Crippen molar-refractivity contribution in [3.8, 4) is 0 Å². The smallest absolute Gasteiger partial charge is 0.312 e. The Kier molecular flexibility index (Phi) is 4.78. The highest BCUT2D eigenvalue weighted by molar-refractivity contribution is 5.47. The van der Waals surface area contributed by atoms with Crippen molar-refractivity contribution >= 4 is 6.41 Å². The third-order valence-corrected chi connectivity index (χ3v) is 2.30. The molecule has 0 aromatic rings. The molecule has 0 N–H and O–H groups in total. The van der Waals surface area contributed by atoms with Crippen LogP contribution in [0, 0.1) is 0 Å². The molecule has 1 fully saturated rings. The fourth-order valence-electron chi connectivity index (χ4n) is 1.36. The molecule has 0 aromatic carbocycles. The highest BCUT2D eigenvalue weighted by Crippen LogP contribution is 1.96. The summed E-state index contributed by atoms with van der Waals surface area (Å²) in [5.74, 6) is 0. The molecule has 0 saturated carbocycles. The molecule has 0 unspecified atom stereocenters. The molecule has 0 spiro atoms. The van der Waals surface area contributed by atoms with E-state index in [4.69, 9.17) is 4.74 Å². The SMILES string of the molecule is CCN([C]=O)CCN1CCOCC1. The molecule has 1 aliphatic rings. The van der Waals surface area contributed by atoms with Crippen molar-refractivity contribution in [1.82, 2.24) is 9.80 Å². The van der Waals surface area contributed by atoms with E-state index >= 15 is 0 Å². The Morgan fingerprint density at radius 1 is 1.46 bits per heavy atom. The zero-order valence-electron chi connectivity index (χ0n) is 8.16. The van der Waals surface area contributed by atoms with E-state index in [0.717, 1.165) is 45.9 Å². The first kappa shape index (κ1) is 10.5. The summed E-state index contributed by atoms with van der Waals surface area (Å²) in [6, 6.07) is 0. The maximum Gasteiger partial charge on any atom is 0.312 e. The van der Waals surface area contributed by atoms with Crippen LogP contribution in [0.15, 0.2) is 0 Å². The fraction of sp³-hybridized carbons (Fsp3) is 0.889. The maximum absolute atomic E-state index is 10.4. The van der Waals surface area contributed by atoms with E-state index in [1.54, 1.807) is 4.90 Å². The molecular weight excluding hydrogens is 168 g/mol. The molecule has 1 heterocycles. The van der Waals surface area contributed by atoms with Gasteiger partial charge in [-0.2, -0.15) is 0 Å². The average molecular weight is 185 g/mol. The number of hydrogen-bond donors (Lipinski definition) is 0. The second kappa shape index (κ2) is 5.94. The minimum atomic E-state index is 0.744. The summed E-state index contributed by atoms with van der Waals surface area (Å²) in [5.41, 5.74) is 0. The molecule has 0 atom stereocenters. The fourth-order valence-corrected chi connectivity index (χ4v) is 1.36. The van der Waals surface area contributed by atoms with E-state index in [0.29, 0.717) is 0 Å². The van der Waals surface area contributed by atoms with Gasteiger partial charge in [0.2, 0.25) is 0 Å². The molecule has 1 rings (SSSR count). The van der Waals surface area contributed by atoms with Gasteiger partial charge in [0.15, 0.2) is 0 Å². The van der Waals surface area contributed by atoms with Gasteiger partial charge in [0.1, 0.15) is 0 Å². The number of morpholine rings is 1.